The van der Waals surface area contributed by atoms with E-state index in [2.05, 4.69) is 28.4 Å². The molecule has 3 aromatic rings. The second-order valence-electron chi connectivity index (χ2n) is 8.16. The highest BCUT2D eigenvalue weighted by atomic mass is 32.1. The number of carbonyl (C=O) groups is 2. The minimum absolute atomic E-state index is 0.0281. The standard InChI is InChI=1S/C24H25N3O4S/c1-16-13-21(25-23(28)20-3-2-11-30-20)32-22(16)24(29)27-9-7-26(8-10-27)15-17-4-5-19-18(14-17)6-12-31-19/h2-5,11,13-14H,6-10,12,15H2,1H3,(H,25,28). The van der Waals surface area contributed by atoms with Crippen LogP contribution in [0.2, 0.25) is 0 Å². The molecule has 0 radical (unpaired) electrons. The maximum Gasteiger partial charge on any atom is 0.291 e. The molecule has 166 valence electrons. The normalized spacial score (nSPS) is 16.0. The third-order valence-electron chi connectivity index (χ3n) is 5.91. The van der Waals surface area contributed by atoms with Gasteiger partial charge in [-0.05, 0) is 47.9 Å². The number of amides is 2. The molecule has 0 spiro atoms. The van der Waals surface area contributed by atoms with E-state index >= 15 is 0 Å². The first-order valence-corrected chi connectivity index (χ1v) is 11.6. The SMILES string of the molecule is Cc1cc(NC(=O)c2ccco2)sc1C(=O)N1CCN(Cc2ccc3c(c2)CCO3)CC1. The molecule has 1 saturated heterocycles. The number of thiophene rings is 1. The Hall–Kier alpha value is -3.10. The Kier molecular flexibility index (Phi) is 5.71. The molecule has 5 rings (SSSR count). The number of piperazine rings is 1. The summed E-state index contributed by atoms with van der Waals surface area (Å²) < 4.78 is 10.7. The van der Waals surface area contributed by atoms with Gasteiger partial charge in [0.1, 0.15) is 5.75 Å². The molecule has 2 aliphatic heterocycles. The maximum atomic E-state index is 13.1. The van der Waals surface area contributed by atoms with E-state index < -0.39 is 0 Å². The first-order valence-electron chi connectivity index (χ1n) is 10.8. The lowest BCUT2D eigenvalue weighted by Crippen LogP contribution is -2.48. The van der Waals surface area contributed by atoms with Crippen molar-refractivity contribution >= 4 is 28.2 Å². The van der Waals surface area contributed by atoms with Crippen LogP contribution in [-0.2, 0) is 13.0 Å². The van der Waals surface area contributed by atoms with Gasteiger partial charge in [-0.3, -0.25) is 14.5 Å². The molecule has 8 heteroatoms. The number of nitrogens with one attached hydrogen (secondary N) is 1. The number of ether oxygens (including phenoxy) is 1. The number of nitrogens with zero attached hydrogens (tertiary/aromatic N) is 2. The van der Waals surface area contributed by atoms with E-state index in [1.165, 1.54) is 28.7 Å². The molecule has 7 nitrogen and oxygen atoms in total. The zero-order valence-corrected chi connectivity index (χ0v) is 18.7. The lowest BCUT2D eigenvalue weighted by atomic mass is 10.1. The molecule has 0 saturated carbocycles. The predicted molar refractivity (Wildman–Crippen MR) is 123 cm³/mol. The van der Waals surface area contributed by atoms with E-state index in [-0.39, 0.29) is 17.6 Å². The van der Waals surface area contributed by atoms with Crippen molar-refractivity contribution in [1.29, 1.82) is 0 Å². The summed E-state index contributed by atoms with van der Waals surface area (Å²) in [6, 6.07) is 11.6. The molecule has 2 aromatic heterocycles. The molecule has 4 heterocycles. The Balaban J connectivity index is 1.17. The molecule has 0 bridgehead atoms. The lowest BCUT2D eigenvalue weighted by Gasteiger charge is -2.34. The minimum atomic E-state index is -0.318. The van der Waals surface area contributed by atoms with E-state index in [0.29, 0.717) is 23.0 Å². The molecule has 0 unspecified atom stereocenters. The van der Waals surface area contributed by atoms with Crippen LogP contribution >= 0.6 is 11.3 Å². The second kappa shape index (κ2) is 8.80. The molecule has 0 atom stereocenters. The van der Waals surface area contributed by atoms with E-state index in [0.717, 1.165) is 44.0 Å². The fourth-order valence-corrected chi connectivity index (χ4v) is 5.22. The Morgan fingerprint density at radius 2 is 1.97 bits per heavy atom. The number of fused-ring (bicyclic) bond motifs is 1. The summed E-state index contributed by atoms with van der Waals surface area (Å²) in [7, 11) is 0. The van der Waals surface area contributed by atoms with Crippen LogP contribution in [0.5, 0.6) is 5.75 Å². The van der Waals surface area contributed by atoms with Gasteiger partial charge in [0.05, 0.1) is 22.7 Å². The molecule has 1 N–H and O–H groups in total. The summed E-state index contributed by atoms with van der Waals surface area (Å²) in [6.07, 6.45) is 2.44. The van der Waals surface area contributed by atoms with Crippen molar-refractivity contribution < 1.29 is 18.7 Å². The van der Waals surface area contributed by atoms with Gasteiger partial charge in [0.2, 0.25) is 0 Å². The smallest absolute Gasteiger partial charge is 0.291 e. The van der Waals surface area contributed by atoms with Crippen molar-refractivity contribution in [3.05, 3.63) is 70.0 Å². The van der Waals surface area contributed by atoms with Crippen molar-refractivity contribution in [3.8, 4) is 5.75 Å². The minimum Gasteiger partial charge on any atom is -0.493 e. The number of hydrogen-bond donors (Lipinski definition) is 1. The van der Waals surface area contributed by atoms with Gasteiger partial charge in [0.15, 0.2) is 5.76 Å². The fraction of sp³-hybridized carbons (Fsp3) is 0.333. The third kappa shape index (κ3) is 4.28. The van der Waals surface area contributed by atoms with Gasteiger partial charge in [0.25, 0.3) is 11.8 Å². The summed E-state index contributed by atoms with van der Waals surface area (Å²) in [6.45, 7) is 6.63. The van der Waals surface area contributed by atoms with Crippen LogP contribution in [0.1, 0.15) is 36.9 Å². The Labute approximate surface area is 190 Å². The van der Waals surface area contributed by atoms with Gasteiger partial charge in [-0.2, -0.15) is 0 Å². The molecule has 2 aliphatic rings. The van der Waals surface area contributed by atoms with Crippen LogP contribution in [0.15, 0.2) is 47.1 Å². The summed E-state index contributed by atoms with van der Waals surface area (Å²) in [5.41, 5.74) is 3.46. The lowest BCUT2D eigenvalue weighted by molar-refractivity contribution is 0.0632. The Morgan fingerprint density at radius 1 is 1.12 bits per heavy atom. The summed E-state index contributed by atoms with van der Waals surface area (Å²) in [4.78, 5) is 30.3. The van der Waals surface area contributed by atoms with Crippen LogP contribution in [0.25, 0.3) is 0 Å². The topological polar surface area (TPSA) is 75.0 Å². The highest BCUT2D eigenvalue weighted by molar-refractivity contribution is 7.18. The van der Waals surface area contributed by atoms with E-state index in [9.17, 15) is 9.59 Å². The Bertz CT molecular complexity index is 1130. The summed E-state index contributed by atoms with van der Waals surface area (Å²) >= 11 is 1.31. The van der Waals surface area contributed by atoms with Crippen molar-refractivity contribution in [2.24, 2.45) is 0 Å². The largest absolute Gasteiger partial charge is 0.493 e. The maximum absolute atomic E-state index is 13.1. The molecule has 2 amide bonds. The zero-order chi connectivity index (χ0) is 22.1. The van der Waals surface area contributed by atoms with E-state index in [1.807, 2.05) is 17.9 Å². The van der Waals surface area contributed by atoms with Crippen molar-refractivity contribution in [3.63, 3.8) is 0 Å². The number of carbonyl (C=O) groups excluding carboxylic acids is 2. The fourth-order valence-electron chi connectivity index (χ4n) is 4.19. The van der Waals surface area contributed by atoms with Crippen LogP contribution in [0, 0.1) is 6.92 Å². The average molecular weight is 452 g/mol. The molecular formula is C24H25N3O4S. The first kappa shape index (κ1) is 20.8. The molecule has 32 heavy (non-hydrogen) atoms. The van der Waals surface area contributed by atoms with Gasteiger partial charge in [-0.25, -0.2) is 0 Å². The van der Waals surface area contributed by atoms with Crippen LogP contribution in [-0.4, -0.2) is 54.4 Å². The predicted octanol–water partition coefficient (Wildman–Crippen LogP) is 3.79. The molecular weight excluding hydrogens is 426 g/mol. The number of hydrogen-bond acceptors (Lipinski definition) is 6. The number of rotatable bonds is 5. The summed E-state index contributed by atoms with van der Waals surface area (Å²) in [5, 5.41) is 3.46. The second-order valence-corrected chi connectivity index (χ2v) is 9.22. The number of furan rings is 1. The number of aryl methyl sites for hydroxylation is 1. The third-order valence-corrected chi connectivity index (χ3v) is 7.05. The molecule has 1 fully saturated rings. The molecule has 0 aliphatic carbocycles. The van der Waals surface area contributed by atoms with Gasteiger partial charge in [-0.15, -0.1) is 11.3 Å². The van der Waals surface area contributed by atoms with E-state index in [1.54, 1.807) is 12.1 Å². The zero-order valence-electron chi connectivity index (χ0n) is 17.9. The van der Waals surface area contributed by atoms with Crippen LogP contribution < -0.4 is 10.1 Å². The van der Waals surface area contributed by atoms with Crippen LogP contribution in [0.3, 0.4) is 0 Å². The highest BCUT2D eigenvalue weighted by Gasteiger charge is 2.25. The van der Waals surface area contributed by atoms with Crippen molar-refractivity contribution in [2.75, 3.05) is 38.1 Å². The average Bonchev–Trinajstić information content (AvgIpc) is 3.55. The van der Waals surface area contributed by atoms with Gasteiger partial charge in [0, 0.05) is 39.1 Å². The first-order chi connectivity index (χ1) is 15.6. The van der Waals surface area contributed by atoms with Crippen LogP contribution in [0.4, 0.5) is 5.00 Å². The highest BCUT2D eigenvalue weighted by Crippen LogP contribution is 2.29. The quantitative estimate of drug-likeness (QED) is 0.639. The summed E-state index contributed by atoms with van der Waals surface area (Å²) in [5.74, 6) is 0.966. The number of anilines is 1. The molecule has 1 aromatic carbocycles. The van der Waals surface area contributed by atoms with Gasteiger partial charge >= 0.3 is 0 Å². The number of benzene rings is 1. The van der Waals surface area contributed by atoms with E-state index in [4.69, 9.17) is 9.15 Å². The van der Waals surface area contributed by atoms with Gasteiger partial charge < -0.3 is 19.4 Å². The Morgan fingerprint density at radius 3 is 2.75 bits per heavy atom. The monoisotopic (exact) mass is 451 g/mol. The van der Waals surface area contributed by atoms with Gasteiger partial charge in [-0.1, -0.05) is 12.1 Å². The van der Waals surface area contributed by atoms with Crippen molar-refractivity contribution in [2.45, 2.75) is 19.9 Å². The van der Waals surface area contributed by atoms with Crippen molar-refractivity contribution in [1.82, 2.24) is 9.80 Å².